The normalized spacial score (nSPS) is 10.3. The number of methoxy groups -OCH3 is 1. The second kappa shape index (κ2) is 8.35. The molecule has 0 saturated heterocycles. The van der Waals surface area contributed by atoms with Crippen LogP contribution in [-0.2, 0) is 6.42 Å². The first kappa shape index (κ1) is 17.0. The molecule has 0 unspecified atom stereocenters. The SMILES string of the molecule is COc1cccc(CCNc2nccc(Nc3cccc(Cl)c3)n2)c1. The summed E-state index contributed by atoms with van der Waals surface area (Å²) in [5.74, 6) is 2.15. The quantitative estimate of drug-likeness (QED) is 0.652. The van der Waals surface area contributed by atoms with Crippen molar-refractivity contribution in [3.8, 4) is 5.75 Å². The lowest BCUT2D eigenvalue weighted by atomic mass is 10.1. The van der Waals surface area contributed by atoms with E-state index in [4.69, 9.17) is 16.3 Å². The predicted octanol–water partition coefficient (Wildman–Crippen LogP) is 4.54. The maximum Gasteiger partial charge on any atom is 0.224 e. The van der Waals surface area contributed by atoms with Gasteiger partial charge in [-0.2, -0.15) is 4.98 Å². The van der Waals surface area contributed by atoms with Crippen molar-refractivity contribution in [3.63, 3.8) is 0 Å². The van der Waals surface area contributed by atoms with Crippen molar-refractivity contribution in [1.29, 1.82) is 0 Å². The zero-order valence-electron chi connectivity index (χ0n) is 13.9. The number of anilines is 3. The Balaban J connectivity index is 1.58. The van der Waals surface area contributed by atoms with E-state index >= 15 is 0 Å². The van der Waals surface area contributed by atoms with E-state index in [2.05, 4.69) is 26.7 Å². The van der Waals surface area contributed by atoms with Crippen LogP contribution in [0.1, 0.15) is 5.56 Å². The van der Waals surface area contributed by atoms with Crippen LogP contribution in [0.3, 0.4) is 0 Å². The maximum absolute atomic E-state index is 6.00. The van der Waals surface area contributed by atoms with Gasteiger partial charge in [0.1, 0.15) is 11.6 Å². The molecule has 1 heterocycles. The molecule has 0 amide bonds. The maximum atomic E-state index is 6.00. The lowest BCUT2D eigenvalue weighted by molar-refractivity contribution is 0.414. The molecule has 128 valence electrons. The van der Waals surface area contributed by atoms with Gasteiger partial charge in [-0.05, 0) is 48.4 Å². The van der Waals surface area contributed by atoms with Gasteiger partial charge in [-0.25, -0.2) is 4.98 Å². The molecule has 0 aliphatic rings. The predicted molar refractivity (Wildman–Crippen MR) is 102 cm³/mol. The van der Waals surface area contributed by atoms with Crippen LogP contribution in [0.5, 0.6) is 5.75 Å². The van der Waals surface area contributed by atoms with Gasteiger partial charge in [-0.3, -0.25) is 0 Å². The zero-order valence-corrected chi connectivity index (χ0v) is 14.6. The highest BCUT2D eigenvalue weighted by Gasteiger charge is 2.01. The molecule has 3 rings (SSSR count). The van der Waals surface area contributed by atoms with E-state index < -0.39 is 0 Å². The van der Waals surface area contributed by atoms with Gasteiger partial charge < -0.3 is 15.4 Å². The average Bonchev–Trinajstić information content (AvgIpc) is 2.62. The van der Waals surface area contributed by atoms with Crippen molar-refractivity contribution in [2.75, 3.05) is 24.3 Å². The molecule has 0 spiro atoms. The third-order valence-corrected chi connectivity index (χ3v) is 3.82. The second-order valence-electron chi connectivity index (χ2n) is 5.43. The summed E-state index contributed by atoms with van der Waals surface area (Å²) in [5, 5.41) is 7.13. The lowest BCUT2D eigenvalue weighted by Gasteiger charge is -2.09. The second-order valence-corrected chi connectivity index (χ2v) is 5.87. The Hall–Kier alpha value is -2.79. The number of hydrogen-bond acceptors (Lipinski definition) is 5. The highest BCUT2D eigenvalue weighted by molar-refractivity contribution is 6.30. The van der Waals surface area contributed by atoms with Gasteiger partial charge in [0.25, 0.3) is 0 Å². The standard InChI is InChI=1S/C19H19ClN4O/c1-25-17-7-2-4-14(12-17)8-10-21-19-22-11-9-18(24-19)23-16-6-3-5-15(20)13-16/h2-7,9,11-13H,8,10H2,1H3,(H2,21,22,23,24). The molecule has 0 fully saturated rings. The summed E-state index contributed by atoms with van der Waals surface area (Å²) < 4.78 is 5.24. The van der Waals surface area contributed by atoms with Crippen LogP contribution in [0.4, 0.5) is 17.5 Å². The number of nitrogens with zero attached hydrogens (tertiary/aromatic N) is 2. The molecule has 0 aliphatic heterocycles. The van der Waals surface area contributed by atoms with Gasteiger partial charge >= 0.3 is 0 Å². The minimum absolute atomic E-state index is 0.579. The molecule has 2 aromatic carbocycles. The van der Waals surface area contributed by atoms with Crippen LogP contribution in [0.2, 0.25) is 5.02 Å². The molecule has 0 saturated carbocycles. The third-order valence-electron chi connectivity index (χ3n) is 3.58. The molecular formula is C19H19ClN4O. The Morgan fingerprint density at radius 3 is 2.80 bits per heavy atom. The highest BCUT2D eigenvalue weighted by atomic mass is 35.5. The number of halogens is 1. The van der Waals surface area contributed by atoms with Crippen LogP contribution in [0.25, 0.3) is 0 Å². The summed E-state index contributed by atoms with van der Waals surface area (Å²) >= 11 is 6.00. The Labute approximate surface area is 152 Å². The summed E-state index contributed by atoms with van der Waals surface area (Å²) in [7, 11) is 1.67. The van der Waals surface area contributed by atoms with E-state index in [1.165, 1.54) is 5.56 Å². The summed E-state index contributed by atoms with van der Waals surface area (Å²) in [6.45, 7) is 0.730. The lowest BCUT2D eigenvalue weighted by Crippen LogP contribution is -2.08. The molecule has 5 nitrogen and oxygen atoms in total. The van der Waals surface area contributed by atoms with Gasteiger partial charge in [0.05, 0.1) is 7.11 Å². The summed E-state index contributed by atoms with van der Waals surface area (Å²) in [5.41, 5.74) is 2.08. The molecule has 0 bridgehead atoms. The molecule has 6 heteroatoms. The van der Waals surface area contributed by atoms with E-state index in [1.807, 2.05) is 48.5 Å². The number of ether oxygens (including phenoxy) is 1. The number of aromatic nitrogens is 2. The smallest absolute Gasteiger partial charge is 0.224 e. The zero-order chi connectivity index (χ0) is 17.5. The highest BCUT2D eigenvalue weighted by Crippen LogP contribution is 2.19. The first-order valence-electron chi connectivity index (χ1n) is 7.95. The first-order chi connectivity index (χ1) is 12.2. The van der Waals surface area contributed by atoms with Crippen LogP contribution in [-0.4, -0.2) is 23.6 Å². The van der Waals surface area contributed by atoms with E-state index in [9.17, 15) is 0 Å². The molecular weight excluding hydrogens is 336 g/mol. The van der Waals surface area contributed by atoms with Crippen molar-refractivity contribution in [2.45, 2.75) is 6.42 Å². The van der Waals surface area contributed by atoms with Crippen molar-refractivity contribution in [3.05, 3.63) is 71.4 Å². The topological polar surface area (TPSA) is 59.1 Å². The van der Waals surface area contributed by atoms with E-state index in [-0.39, 0.29) is 0 Å². The number of hydrogen-bond donors (Lipinski definition) is 2. The van der Waals surface area contributed by atoms with Crippen LogP contribution in [0, 0.1) is 0 Å². The number of benzene rings is 2. The van der Waals surface area contributed by atoms with Crippen molar-refractivity contribution in [2.24, 2.45) is 0 Å². The van der Waals surface area contributed by atoms with Gasteiger partial charge in [0.2, 0.25) is 5.95 Å². The summed E-state index contributed by atoms with van der Waals surface area (Å²) in [6.07, 6.45) is 2.57. The minimum Gasteiger partial charge on any atom is -0.497 e. The Kier molecular flexibility index (Phi) is 5.69. The largest absolute Gasteiger partial charge is 0.497 e. The molecule has 0 aliphatic carbocycles. The van der Waals surface area contributed by atoms with Crippen molar-refractivity contribution >= 4 is 29.1 Å². The Bertz CT molecular complexity index is 841. The fourth-order valence-corrected chi connectivity index (χ4v) is 2.56. The van der Waals surface area contributed by atoms with Gasteiger partial charge in [-0.1, -0.05) is 29.8 Å². The molecule has 1 aromatic heterocycles. The van der Waals surface area contributed by atoms with Crippen LogP contribution < -0.4 is 15.4 Å². The molecule has 2 N–H and O–H groups in total. The van der Waals surface area contributed by atoms with Crippen molar-refractivity contribution in [1.82, 2.24) is 9.97 Å². The third kappa shape index (κ3) is 5.09. The average molecular weight is 355 g/mol. The van der Waals surface area contributed by atoms with E-state index in [0.29, 0.717) is 16.8 Å². The van der Waals surface area contributed by atoms with Crippen molar-refractivity contribution < 1.29 is 4.74 Å². The molecule has 0 radical (unpaired) electrons. The van der Waals surface area contributed by atoms with Gasteiger partial charge in [0.15, 0.2) is 0 Å². The van der Waals surface area contributed by atoms with Gasteiger partial charge in [-0.15, -0.1) is 0 Å². The molecule has 25 heavy (non-hydrogen) atoms. The molecule has 0 atom stereocenters. The fraction of sp³-hybridized carbons (Fsp3) is 0.158. The van der Waals surface area contributed by atoms with E-state index in [1.54, 1.807) is 13.3 Å². The fourth-order valence-electron chi connectivity index (χ4n) is 2.37. The van der Waals surface area contributed by atoms with Crippen LogP contribution in [0.15, 0.2) is 60.8 Å². The van der Waals surface area contributed by atoms with E-state index in [0.717, 1.165) is 24.4 Å². The number of nitrogens with one attached hydrogen (secondary N) is 2. The summed E-state index contributed by atoms with van der Waals surface area (Å²) in [6, 6.07) is 17.3. The minimum atomic E-state index is 0.579. The molecule has 3 aromatic rings. The first-order valence-corrected chi connectivity index (χ1v) is 8.33. The summed E-state index contributed by atoms with van der Waals surface area (Å²) in [4.78, 5) is 8.71. The monoisotopic (exact) mass is 354 g/mol. The van der Waals surface area contributed by atoms with Gasteiger partial charge in [0, 0.05) is 23.5 Å². The van der Waals surface area contributed by atoms with Crippen LogP contribution >= 0.6 is 11.6 Å². The number of rotatable bonds is 7. The Morgan fingerprint density at radius 1 is 1.08 bits per heavy atom. The Morgan fingerprint density at radius 2 is 1.96 bits per heavy atom.